The van der Waals surface area contributed by atoms with Crippen LogP contribution in [0.25, 0.3) is 0 Å². The van der Waals surface area contributed by atoms with E-state index in [2.05, 4.69) is 20.6 Å². The van der Waals surface area contributed by atoms with Crippen molar-refractivity contribution in [2.24, 2.45) is 0 Å². The molecule has 25 heavy (non-hydrogen) atoms. The molecule has 0 radical (unpaired) electrons. The zero-order chi connectivity index (χ0) is 17.8. The highest BCUT2D eigenvalue weighted by Gasteiger charge is 2.12. The number of benzene rings is 2. The van der Waals surface area contributed by atoms with Crippen molar-refractivity contribution >= 4 is 46.3 Å². The second kappa shape index (κ2) is 7.46. The van der Waals surface area contributed by atoms with Crippen LogP contribution in [0.15, 0.2) is 54.9 Å². The summed E-state index contributed by atoms with van der Waals surface area (Å²) in [4.78, 5) is 20.3. The number of halogens is 3. The fourth-order valence-electron chi connectivity index (χ4n) is 2.02. The summed E-state index contributed by atoms with van der Waals surface area (Å²) in [5.74, 6) is -0.413. The van der Waals surface area contributed by atoms with E-state index in [-0.39, 0.29) is 16.5 Å². The first-order chi connectivity index (χ1) is 12.0. The van der Waals surface area contributed by atoms with Crippen LogP contribution in [0.3, 0.4) is 0 Å². The van der Waals surface area contributed by atoms with Crippen molar-refractivity contribution in [1.82, 2.24) is 9.97 Å². The minimum atomic E-state index is -0.464. The lowest BCUT2D eigenvalue weighted by atomic mass is 10.3. The maximum atomic E-state index is 12.9. The van der Waals surface area contributed by atoms with Gasteiger partial charge in [-0.05, 0) is 36.4 Å². The zero-order valence-corrected chi connectivity index (χ0v) is 14.1. The van der Waals surface area contributed by atoms with Crippen molar-refractivity contribution in [2.75, 3.05) is 10.6 Å². The summed E-state index contributed by atoms with van der Waals surface area (Å²) in [6.45, 7) is 0. The Morgan fingerprint density at radius 1 is 1.04 bits per heavy atom. The molecule has 2 aromatic carbocycles. The summed E-state index contributed by atoms with van der Waals surface area (Å²) in [5, 5.41) is 6.19. The molecule has 0 fully saturated rings. The van der Waals surface area contributed by atoms with Gasteiger partial charge in [-0.2, -0.15) is 0 Å². The lowest BCUT2D eigenvalue weighted by Gasteiger charge is -2.09. The van der Waals surface area contributed by atoms with E-state index in [4.69, 9.17) is 23.2 Å². The number of amides is 1. The van der Waals surface area contributed by atoms with E-state index in [1.165, 1.54) is 24.5 Å². The molecule has 2 N–H and O–H groups in total. The molecule has 5 nitrogen and oxygen atoms in total. The van der Waals surface area contributed by atoms with Crippen LogP contribution >= 0.6 is 23.2 Å². The van der Waals surface area contributed by atoms with E-state index in [9.17, 15) is 9.18 Å². The maximum absolute atomic E-state index is 12.9. The Labute approximate surface area is 152 Å². The van der Waals surface area contributed by atoms with Gasteiger partial charge in [0.1, 0.15) is 23.7 Å². The topological polar surface area (TPSA) is 66.9 Å². The number of carbonyl (C=O) groups is 1. The molecule has 3 aromatic rings. The third-order valence-electron chi connectivity index (χ3n) is 3.22. The summed E-state index contributed by atoms with van der Waals surface area (Å²) in [7, 11) is 0. The summed E-state index contributed by atoms with van der Waals surface area (Å²) in [6, 6.07) is 12.1. The van der Waals surface area contributed by atoms with E-state index in [1.54, 1.807) is 30.3 Å². The van der Waals surface area contributed by atoms with Gasteiger partial charge in [0, 0.05) is 11.8 Å². The Balaban J connectivity index is 1.77. The van der Waals surface area contributed by atoms with Crippen LogP contribution in [0, 0.1) is 5.82 Å². The molecule has 0 aliphatic carbocycles. The molecule has 0 saturated heterocycles. The number of rotatable bonds is 4. The second-order valence-electron chi connectivity index (χ2n) is 4.98. The molecule has 0 bridgehead atoms. The monoisotopic (exact) mass is 376 g/mol. The van der Waals surface area contributed by atoms with E-state index in [0.717, 1.165) is 0 Å². The van der Waals surface area contributed by atoms with Gasteiger partial charge in [-0.25, -0.2) is 14.4 Å². The normalized spacial score (nSPS) is 10.4. The lowest BCUT2D eigenvalue weighted by molar-refractivity contribution is 0.102. The van der Waals surface area contributed by atoms with Gasteiger partial charge in [-0.1, -0.05) is 29.3 Å². The Morgan fingerprint density at radius 3 is 2.56 bits per heavy atom. The molecule has 3 rings (SSSR count). The number of anilines is 3. The van der Waals surface area contributed by atoms with Crippen LogP contribution in [0.5, 0.6) is 0 Å². The van der Waals surface area contributed by atoms with Crippen molar-refractivity contribution in [3.63, 3.8) is 0 Å². The quantitative estimate of drug-likeness (QED) is 0.678. The molecule has 0 atom stereocenters. The summed E-state index contributed by atoms with van der Waals surface area (Å²) in [6.07, 6.45) is 1.25. The van der Waals surface area contributed by atoms with Crippen LogP contribution < -0.4 is 10.6 Å². The Bertz CT molecular complexity index is 919. The number of hydrogen-bond acceptors (Lipinski definition) is 4. The predicted octanol–water partition coefficient (Wildman–Crippen LogP) is 4.92. The fourth-order valence-corrected chi connectivity index (χ4v) is 2.37. The molecule has 0 aliphatic heterocycles. The molecular weight excluding hydrogens is 366 g/mol. The standard InChI is InChI=1S/C17H11Cl2FN4O/c18-12-2-1-3-13(16(12)19)24-17(25)14-8-15(22-9-21-14)23-11-6-4-10(20)5-7-11/h1-9H,(H,24,25)(H,21,22,23). The summed E-state index contributed by atoms with van der Waals surface area (Å²) in [5.41, 5.74) is 1.14. The zero-order valence-electron chi connectivity index (χ0n) is 12.6. The van der Waals surface area contributed by atoms with Crippen molar-refractivity contribution < 1.29 is 9.18 Å². The Hall–Kier alpha value is -2.70. The third-order valence-corrected chi connectivity index (χ3v) is 4.04. The number of nitrogens with zero attached hydrogens (tertiary/aromatic N) is 2. The van der Waals surface area contributed by atoms with Gasteiger partial charge >= 0.3 is 0 Å². The van der Waals surface area contributed by atoms with Crippen molar-refractivity contribution in [3.05, 3.63) is 76.4 Å². The SMILES string of the molecule is O=C(Nc1cccc(Cl)c1Cl)c1cc(Nc2ccc(F)cc2)ncn1. The second-order valence-corrected chi connectivity index (χ2v) is 5.76. The molecule has 126 valence electrons. The highest BCUT2D eigenvalue weighted by atomic mass is 35.5. The van der Waals surface area contributed by atoms with Crippen LogP contribution in [0.1, 0.15) is 10.5 Å². The molecule has 1 amide bonds. The molecule has 1 aromatic heterocycles. The van der Waals surface area contributed by atoms with Gasteiger partial charge < -0.3 is 10.6 Å². The third kappa shape index (κ3) is 4.23. The summed E-state index contributed by atoms with van der Waals surface area (Å²) >= 11 is 12.0. The number of carbonyl (C=O) groups excluding carboxylic acids is 1. The molecule has 0 unspecified atom stereocenters. The predicted molar refractivity (Wildman–Crippen MR) is 96.1 cm³/mol. The van der Waals surface area contributed by atoms with Gasteiger partial charge in [0.25, 0.3) is 5.91 Å². The Morgan fingerprint density at radius 2 is 1.80 bits per heavy atom. The smallest absolute Gasteiger partial charge is 0.274 e. The maximum Gasteiger partial charge on any atom is 0.274 e. The van der Waals surface area contributed by atoms with Gasteiger partial charge in [0.15, 0.2) is 0 Å². The van der Waals surface area contributed by atoms with E-state index in [0.29, 0.717) is 22.2 Å². The minimum absolute atomic E-state index is 0.135. The molecule has 0 spiro atoms. The van der Waals surface area contributed by atoms with E-state index >= 15 is 0 Å². The first-order valence-corrected chi connectivity index (χ1v) is 7.88. The van der Waals surface area contributed by atoms with Crippen LogP contribution in [0.2, 0.25) is 10.0 Å². The molecule has 0 aliphatic rings. The molecular formula is C17H11Cl2FN4O. The fraction of sp³-hybridized carbons (Fsp3) is 0. The Kier molecular flexibility index (Phi) is 5.11. The molecule has 8 heteroatoms. The average molecular weight is 377 g/mol. The van der Waals surface area contributed by atoms with Gasteiger partial charge in [0.05, 0.1) is 15.7 Å². The highest BCUT2D eigenvalue weighted by molar-refractivity contribution is 6.44. The minimum Gasteiger partial charge on any atom is -0.340 e. The number of aromatic nitrogens is 2. The van der Waals surface area contributed by atoms with E-state index in [1.807, 2.05) is 0 Å². The number of nitrogens with one attached hydrogen (secondary N) is 2. The average Bonchev–Trinajstić information content (AvgIpc) is 2.61. The van der Waals surface area contributed by atoms with Gasteiger partial charge in [-0.15, -0.1) is 0 Å². The first kappa shape index (κ1) is 17.1. The molecule has 1 heterocycles. The number of hydrogen-bond donors (Lipinski definition) is 2. The summed E-state index contributed by atoms with van der Waals surface area (Å²) < 4.78 is 12.9. The van der Waals surface area contributed by atoms with Crippen molar-refractivity contribution in [2.45, 2.75) is 0 Å². The van der Waals surface area contributed by atoms with Crippen LogP contribution in [-0.4, -0.2) is 15.9 Å². The van der Waals surface area contributed by atoms with E-state index < -0.39 is 5.91 Å². The highest BCUT2D eigenvalue weighted by Crippen LogP contribution is 2.29. The van der Waals surface area contributed by atoms with Gasteiger partial charge in [0.2, 0.25) is 0 Å². The van der Waals surface area contributed by atoms with Crippen LogP contribution in [0.4, 0.5) is 21.6 Å². The first-order valence-electron chi connectivity index (χ1n) is 7.13. The lowest BCUT2D eigenvalue weighted by Crippen LogP contribution is -2.14. The van der Waals surface area contributed by atoms with Gasteiger partial charge in [-0.3, -0.25) is 4.79 Å². The molecule has 0 saturated carbocycles. The van der Waals surface area contributed by atoms with Crippen molar-refractivity contribution in [1.29, 1.82) is 0 Å². The van der Waals surface area contributed by atoms with Crippen LogP contribution in [-0.2, 0) is 0 Å². The van der Waals surface area contributed by atoms with Crippen molar-refractivity contribution in [3.8, 4) is 0 Å². The largest absolute Gasteiger partial charge is 0.340 e.